The van der Waals surface area contributed by atoms with Gasteiger partial charge in [0.15, 0.2) is 29.1 Å². The van der Waals surface area contributed by atoms with Crippen LogP contribution >= 0.6 is 0 Å². The van der Waals surface area contributed by atoms with Crippen LogP contribution in [0.3, 0.4) is 0 Å². The van der Waals surface area contributed by atoms with Gasteiger partial charge in [0.05, 0.1) is 0 Å². The van der Waals surface area contributed by atoms with Gasteiger partial charge in [-0.05, 0) is 123 Å². The summed E-state index contributed by atoms with van der Waals surface area (Å²) in [6.07, 6.45) is 5.80. The van der Waals surface area contributed by atoms with E-state index in [4.69, 9.17) is 5.73 Å². The van der Waals surface area contributed by atoms with Crippen LogP contribution in [0.1, 0.15) is 65.6 Å². The summed E-state index contributed by atoms with van der Waals surface area (Å²) in [5, 5.41) is 0. The molecule has 1 saturated heterocycles. The molecule has 2 aliphatic rings. The highest BCUT2D eigenvalue weighted by Gasteiger charge is 2.31. The lowest BCUT2D eigenvalue weighted by atomic mass is 9.75. The van der Waals surface area contributed by atoms with E-state index < -0.39 is 29.2 Å². The molecule has 0 bridgehead atoms. The van der Waals surface area contributed by atoms with Gasteiger partial charge in [0.1, 0.15) is 0 Å². The number of amides is 1. The fourth-order valence-corrected chi connectivity index (χ4v) is 6.12. The van der Waals surface area contributed by atoms with Crippen molar-refractivity contribution in [3.05, 3.63) is 111 Å². The standard InChI is InChI=1S/C35H35F4N3O2/c1-2-42(14-13-41-11-3-4-12-41)27-7-8-28(35(40)44)29(21-27)24-19-25(15-22-5-9-30(36)32(38)17-22)34(43)26(20-24)16-23-6-10-31(37)33(39)18-23/h5-10,15-18,21,24H,2-4,11-14,19-20H2,1H3,(H2,40,44)/b25-15+,26-16+. The minimum atomic E-state index is -1.05. The molecule has 1 saturated carbocycles. The first kappa shape index (κ1) is 31.2. The van der Waals surface area contributed by atoms with Crippen molar-refractivity contribution in [3.8, 4) is 0 Å². The predicted octanol–water partition coefficient (Wildman–Crippen LogP) is 6.88. The molecule has 0 aromatic heterocycles. The Bertz CT molecular complexity index is 1550. The van der Waals surface area contributed by atoms with E-state index in [-0.39, 0.29) is 24.5 Å². The third-order valence-electron chi connectivity index (χ3n) is 8.46. The zero-order chi connectivity index (χ0) is 31.4. The molecule has 2 fully saturated rings. The second-order valence-electron chi connectivity index (χ2n) is 11.4. The van der Waals surface area contributed by atoms with Crippen molar-refractivity contribution in [2.45, 2.75) is 38.5 Å². The first-order valence-electron chi connectivity index (χ1n) is 14.9. The summed E-state index contributed by atoms with van der Waals surface area (Å²) in [6, 6.07) is 12.3. The second kappa shape index (κ2) is 13.6. The molecule has 5 rings (SSSR count). The first-order chi connectivity index (χ1) is 21.1. The van der Waals surface area contributed by atoms with E-state index in [1.807, 2.05) is 12.1 Å². The van der Waals surface area contributed by atoms with E-state index in [1.54, 1.807) is 6.07 Å². The SMILES string of the molecule is CCN(CCN1CCCC1)c1ccc(C(N)=O)c(C2C/C(=C\c3ccc(F)c(F)c3)C(=O)/C(=C/c3ccc(F)c(F)c3)C2)c1. The number of carbonyl (C=O) groups excluding carboxylic acids is 2. The maximum Gasteiger partial charge on any atom is 0.248 e. The number of Topliss-reactive ketones (excluding diaryl/α,β-unsaturated/α-hetero) is 1. The minimum absolute atomic E-state index is 0.205. The number of rotatable bonds is 9. The topological polar surface area (TPSA) is 66.6 Å². The molecular formula is C35H35F4N3O2. The third kappa shape index (κ3) is 7.10. The molecule has 1 aliphatic heterocycles. The minimum Gasteiger partial charge on any atom is -0.371 e. The monoisotopic (exact) mass is 605 g/mol. The van der Waals surface area contributed by atoms with E-state index in [0.717, 1.165) is 62.7 Å². The number of halogens is 4. The number of hydrogen-bond donors (Lipinski definition) is 1. The van der Waals surface area contributed by atoms with Gasteiger partial charge in [0.2, 0.25) is 5.91 Å². The summed E-state index contributed by atoms with van der Waals surface area (Å²) in [4.78, 5) is 31.0. The normalized spacial score (nSPS) is 19.2. The van der Waals surface area contributed by atoms with Gasteiger partial charge in [-0.3, -0.25) is 9.59 Å². The molecular weight excluding hydrogens is 570 g/mol. The van der Waals surface area contributed by atoms with Crippen LogP contribution in [0.5, 0.6) is 0 Å². The number of carbonyl (C=O) groups is 2. The van der Waals surface area contributed by atoms with Crippen LogP contribution in [-0.4, -0.2) is 49.3 Å². The molecule has 0 spiro atoms. The van der Waals surface area contributed by atoms with Crippen molar-refractivity contribution in [2.24, 2.45) is 5.73 Å². The maximum absolute atomic E-state index is 14.0. The molecule has 1 aliphatic carbocycles. The molecule has 0 atom stereocenters. The van der Waals surface area contributed by atoms with E-state index in [1.165, 1.54) is 37.1 Å². The van der Waals surface area contributed by atoms with Crippen molar-refractivity contribution >= 4 is 29.5 Å². The Kier molecular flexibility index (Phi) is 9.64. The van der Waals surface area contributed by atoms with Crippen LogP contribution in [0.2, 0.25) is 0 Å². The van der Waals surface area contributed by atoms with E-state index >= 15 is 0 Å². The molecule has 3 aromatic rings. The Balaban J connectivity index is 1.55. The highest BCUT2D eigenvalue weighted by molar-refractivity contribution is 6.14. The van der Waals surface area contributed by atoms with Crippen LogP contribution in [-0.2, 0) is 4.79 Å². The number of nitrogens with two attached hydrogens (primary N) is 1. The highest BCUT2D eigenvalue weighted by Crippen LogP contribution is 2.41. The molecule has 5 nitrogen and oxygen atoms in total. The third-order valence-corrected chi connectivity index (χ3v) is 8.46. The molecule has 1 heterocycles. The number of anilines is 1. The summed E-state index contributed by atoms with van der Waals surface area (Å²) in [5.74, 6) is -5.46. The lowest BCUT2D eigenvalue weighted by Crippen LogP contribution is -2.34. The zero-order valence-electron chi connectivity index (χ0n) is 24.6. The largest absolute Gasteiger partial charge is 0.371 e. The summed E-state index contributed by atoms with van der Waals surface area (Å²) >= 11 is 0. The Morgan fingerprint density at radius 3 is 1.93 bits per heavy atom. The predicted molar refractivity (Wildman–Crippen MR) is 164 cm³/mol. The molecule has 0 radical (unpaired) electrons. The van der Waals surface area contributed by atoms with Gasteiger partial charge in [-0.15, -0.1) is 0 Å². The number of likely N-dealkylation sites (tertiary alicyclic amines) is 1. The Hall–Kier alpha value is -4.24. The quantitative estimate of drug-likeness (QED) is 0.213. The summed E-state index contributed by atoms with van der Waals surface area (Å²) in [7, 11) is 0. The molecule has 44 heavy (non-hydrogen) atoms. The molecule has 2 N–H and O–H groups in total. The Morgan fingerprint density at radius 2 is 1.43 bits per heavy atom. The Morgan fingerprint density at radius 1 is 0.864 bits per heavy atom. The van der Waals surface area contributed by atoms with Gasteiger partial charge in [0.25, 0.3) is 0 Å². The molecule has 230 valence electrons. The average molecular weight is 606 g/mol. The maximum atomic E-state index is 14.0. The number of ketones is 1. The molecule has 9 heteroatoms. The van der Waals surface area contributed by atoms with E-state index in [9.17, 15) is 27.2 Å². The van der Waals surface area contributed by atoms with Crippen molar-refractivity contribution < 1.29 is 27.2 Å². The lowest BCUT2D eigenvalue weighted by Gasteiger charge is -2.30. The van der Waals surface area contributed by atoms with E-state index in [2.05, 4.69) is 16.7 Å². The molecule has 0 unspecified atom stereocenters. The van der Waals surface area contributed by atoms with Crippen LogP contribution < -0.4 is 10.6 Å². The fraction of sp³-hybridized carbons (Fsp3) is 0.314. The lowest BCUT2D eigenvalue weighted by molar-refractivity contribution is -0.113. The first-order valence-corrected chi connectivity index (χ1v) is 14.9. The zero-order valence-corrected chi connectivity index (χ0v) is 24.6. The fourth-order valence-electron chi connectivity index (χ4n) is 6.12. The number of allylic oxidation sites excluding steroid dienone is 2. The molecule has 1 amide bonds. The van der Waals surface area contributed by atoms with Gasteiger partial charge in [-0.1, -0.05) is 12.1 Å². The molecule has 3 aromatic carbocycles. The van der Waals surface area contributed by atoms with Crippen molar-refractivity contribution in [1.82, 2.24) is 4.90 Å². The highest BCUT2D eigenvalue weighted by atomic mass is 19.2. The van der Waals surface area contributed by atoms with Crippen LogP contribution in [0, 0.1) is 23.3 Å². The number of nitrogens with zero attached hydrogens (tertiary/aromatic N) is 2. The van der Waals surface area contributed by atoms with Gasteiger partial charge >= 0.3 is 0 Å². The number of hydrogen-bond acceptors (Lipinski definition) is 4. The summed E-state index contributed by atoms with van der Waals surface area (Å²) in [5.41, 5.74) is 8.92. The smallest absolute Gasteiger partial charge is 0.248 e. The van der Waals surface area contributed by atoms with Gasteiger partial charge in [-0.25, -0.2) is 17.6 Å². The van der Waals surface area contributed by atoms with Crippen LogP contribution in [0.25, 0.3) is 12.2 Å². The van der Waals surface area contributed by atoms with E-state index in [0.29, 0.717) is 33.4 Å². The Labute approximate surface area is 254 Å². The summed E-state index contributed by atoms with van der Waals surface area (Å²) < 4.78 is 55.3. The number of likely N-dealkylation sites (N-methyl/N-ethyl adjacent to an activating group) is 1. The van der Waals surface area contributed by atoms with Gasteiger partial charge in [-0.2, -0.15) is 0 Å². The number of benzene rings is 3. The van der Waals surface area contributed by atoms with Gasteiger partial charge < -0.3 is 15.5 Å². The second-order valence-corrected chi connectivity index (χ2v) is 11.4. The van der Waals surface area contributed by atoms with Crippen molar-refractivity contribution in [2.75, 3.05) is 37.6 Å². The average Bonchev–Trinajstić information content (AvgIpc) is 3.53. The van der Waals surface area contributed by atoms with Gasteiger partial charge in [0, 0.05) is 42.0 Å². The van der Waals surface area contributed by atoms with Crippen molar-refractivity contribution in [1.29, 1.82) is 0 Å². The van der Waals surface area contributed by atoms with Crippen LogP contribution in [0.15, 0.2) is 65.7 Å². The van der Waals surface area contributed by atoms with Crippen molar-refractivity contribution in [3.63, 3.8) is 0 Å². The summed E-state index contributed by atoms with van der Waals surface area (Å²) in [6.45, 7) is 6.70. The number of primary amides is 1. The van der Waals surface area contributed by atoms with Crippen LogP contribution in [0.4, 0.5) is 23.2 Å².